The third-order valence-corrected chi connectivity index (χ3v) is 1.54. The van der Waals surface area contributed by atoms with Gasteiger partial charge in [-0.25, -0.2) is 0 Å². The Bertz CT molecular complexity index is 190. The number of carboxylic acid groups (broad SMARTS) is 1. The van der Waals surface area contributed by atoms with Crippen LogP contribution in [0.2, 0.25) is 0 Å². The Morgan fingerprint density at radius 3 is 3.09 bits per heavy atom. The highest BCUT2D eigenvalue weighted by Crippen LogP contribution is 2.01. The van der Waals surface area contributed by atoms with Crippen LogP contribution in [0.4, 0.5) is 0 Å². The van der Waals surface area contributed by atoms with Gasteiger partial charge >= 0.3 is 5.97 Å². The molecule has 5 heteroatoms. The highest BCUT2D eigenvalue weighted by atomic mass is 16.4. The fourth-order valence-electron chi connectivity index (χ4n) is 0.970. The quantitative estimate of drug-likeness (QED) is 0.497. The van der Waals surface area contributed by atoms with Crippen LogP contribution in [0, 0.1) is 0 Å². The molecule has 1 rings (SSSR count). The van der Waals surface area contributed by atoms with Gasteiger partial charge in [-0.1, -0.05) is 0 Å². The Morgan fingerprint density at radius 1 is 1.91 bits per heavy atom. The second-order valence-electron chi connectivity index (χ2n) is 2.50. The molecule has 0 bridgehead atoms. The summed E-state index contributed by atoms with van der Waals surface area (Å²) in [7, 11) is 0. The van der Waals surface area contributed by atoms with Crippen molar-refractivity contribution in [2.75, 3.05) is 6.54 Å². The molecule has 0 aromatic heterocycles. The number of nitrogens with one attached hydrogen (secondary N) is 1. The number of hydrogen-bond donors (Lipinski definition) is 3. The van der Waals surface area contributed by atoms with E-state index in [1.54, 1.807) is 0 Å². The van der Waals surface area contributed by atoms with Crippen LogP contribution in [0.15, 0.2) is 4.99 Å². The summed E-state index contributed by atoms with van der Waals surface area (Å²) >= 11 is 0. The van der Waals surface area contributed by atoms with E-state index in [0.29, 0.717) is 18.9 Å². The van der Waals surface area contributed by atoms with E-state index in [4.69, 9.17) is 10.8 Å². The number of carboxylic acids is 1. The monoisotopic (exact) mass is 157 g/mol. The topological polar surface area (TPSA) is 87.7 Å². The average Bonchev–Trinajstić information content (AvgIpc) is 2.31. The molecule has 0 fully saturated rings. The number of rotatable bonds is 3. The van der Waals surface area contributed by atoms with Crippen LogP contribution in [0.1, 0.15) is 12.8 Å². The van der Waals surface area contributed by atoms with Gasteiger partial charge < -0.3 is 16.2 Å². The van der Waals surface area contributed by atoms with Gasteiger partial charge in [0.25, 0.3) is 0 Å². The Hall–Kier alpha value is -1.26. The number of hydrogen-bond acceptors (Lipinski definition) is 4. The second kappa shape index (κ2) is 3.23. The number of aliphatic carboxylic acids is 1. The molecular weight excluding hydrogens is 146 g/mol. The van der Waals surface area contributed by atoms with E-state index in [1.807, 2.05) is 0 Å². The van der Waals surface area contributed by atoms with Gasteiger partial charge in [-0.2, -0.15) is 0 Å². The van der Waals surface area contributed by atoms with Crippen molar-refractivity contribution in [3.8, 4) is 0 Å². The zero-order chi connectivity index (χ0) is 8.27. The van der Waals surface area contributed by atoms with Gasteiger partial charge in [0.2, 0.25) is 0 Å². The lowest BCUT2D eigenvalue weighted by atomic mass is 10.2. The first-order valence-electron chi connectivity index (χ1n) is 3.46. The summed E-state index contributed by atoms with van der Waals surface area (Å²) in [5, 5.41) is 11.2. The van der Waals surface area contributed by atoms with E-state index in [9.17, 15) is 4.79 Å². The Kier molecular flexibility index (Phi) is 2.30. The molecule has 0 aliphatic carbocycles. The molecule has 11 heavy (non-hydrogen) atoms. The fraction of sp³-hybridized carbons (Fsp3) is 0.667. The number of aliphatic imine (C=N–C) groups is 1. The van der Waals surface area contributed by atoms with Crippen molar-refractivity contribution in [1.29, 1.82) is 0 Å². The first-order chi connectivity index (χ1) is 5.18. The van der Waals surface area contributed by atoms with Crippen molar-refractivity contribution < 1.29 is 9.90 Å². The van der Waals surface area contributed by atoms with E-state index in [1.165, 1.54) is 0 Å². The molecular formula is C6H11N3O2. The lowest BCUT2D eigenvalue weighted by molar-refractivity contribution is -0.137. The van der Waals surface area contributed by atoms with Gasteiger partial charge in [0, 0.05) is 12.5 Å². The van der Waals surface area contributed by atoms with Crippen molar-refractivity contribution in [3.05, 3.63) is 0 Å². The minimum Gasteiger partial charge on any atom is -0.481 e. The van der Waals surface area contributed by atoms with Crippen LogP contribution in [0.5, 0.6) is 0 Å². The molecule has 1 aliphatic rings. The van der Waals surface area contributed by atoms with Crippen molar-refractivity contribution >= 4 is 11.9 Å². The maximum Gasteiger partial charge on any atom is 0.303 e. The molecule has 1 aliphatic heterocycles. The Morgan fingerprint density at radius 2 is 2.64 bits per heavy atom. The van der Waals surface area contributed by atoms with Crippen LogP contribution < -0.4 is 11.1 Å². The maximum atomic E-state index is 10.1. The molecule has 0 saturated carbocycles. The smallest absolute Gasteiger partial charge is 0.303 e. The van der Waals surface area contributed by atoms with Crippen molar-refractivity contribution in [1.82, 2.24) is 5.32 Å². The molecule has 1 atom stereocenters. The average molecular weight is 157 g/mol. The van der Waals surface area contributed by atoms with E-state index in [0.717, 1.165) is 0 Å². The second-order valence-corrected chi connectivity index (χ2v) is 2.50. The molecule has 0 amide bonds. The van der Waals surface area contributed by atoms with Crippen LogP contribution >= 0.6 is 0 Å². The highest BCUT2D eigenvalue weighted by Gasteiger charge is 2.15. The molecule has 5 nitrogen and oxygen atoms in total. The van der Waals surface area contributed by atoms with E-state index in [-0.39, 0.29) is 12.5 Å². The van der Waals surface area contributed by atoms with E-state index < -0.39 is 5.97 Å². The molecule has 0 unspecified atom stereocenters. The maximum absolute atomic E-state index is 10.1. The summed E-state index contributed by atoms with van der Waals surface area (Å²) in [6.45, 7) is 0.596. The van der Waals surface area contributed by atoms with Crippen LogP contribution in [0.25, 0.3) is 0 Å². The summed E-state index contributed by atoms with van der Waals surface area (Å²) in [5.74, 6) is -0.363. The van der Waals surface area contributed by atoms with Crippen LogP contribution in [0.3, 0.4) is 0 Å². The minimum atomic E-state index is -0.780. The van der Waals surface area contributed by atoms with E-state index in [2.05, 4.69) is 10.3 Å². The number of guanidine groups is 1. The summed E-state index contributed by atoms with van der Waals surface area (Å²) in [6.07, 6.45) is 0.750. The lowest BCUT2D eigenvalue weighted by Gasteiger charge is -2.07. The molecule has 0 radical (unpaired) electrons. The predicted molar refractivity (Wildman–Crippen MR) is 40.3 cm³/mol. The standard InChI is InChI=1S/C6H11N3O2/c7-6-8-3-4(9-6)1-2-5(10)11/h4H,1-3H2,(H,10,11)(H3,7,8,9)/t4-/m1/s1. The van der Waals surface area contributed by atoms with Gasteiger partial charge in [-0.15, -0.1) is 0 Å². The summed E-state index contributed by atoms with van der Waals surface area (Å²) in [4.78, 5) is 14.0. The van der Waals surface area contributed by atoms with Gasteiger partial charge in [-0.3, -0.25) is 9.79 Å². The fourth-order valence-corrected chi connectivity index (χ4v) is 0.970. The van der Waals surface area contributed by atoms with E-state index >= 15 is 0 Å². The summed E-state index contributed by atoms with van der Waals surface area (Å²) < 4.78 is 0. The normalized spacial score (nSPS) is 22.5. The number of nitrogens with zero attached hydrogens (tertiary/aromatic N) is 1. The lowest BCUT2D eigenvalue weighted by Crippen LogP contribution is -2.35. The van der Waals surface area contributed by atoms with Crippen molar-refractivity contribution in [3.63, 3.8) is 0 Å². The third-order valence-electron chi connectivity index (χ3n) is 1.54. The molecule has 1 heterocycles. The molecule has 62 valence electrons. The van der Waals surface area contributed by atoms with Crippen molar-refractivity contribution in [2.45, 2.75) is 18.9 Å². The van der Waals surface area contributed by atoms with Crippen molar-refractivity contribution in [2.24, 2.45) is 10.7 Å². The molecule has 0 aromatic carbocycles. The molecule has 4 N–H and O–H groups in total. The molecule has 0 aromatic rings. The Balaban J connectivity index is 2.16. The predicted octanol–water partition coefficient (Wildman–Crippen LogP) is -0.862. The van der Waals surface area contributed by atoms with Crippen LogP contribution in [-0.2, 0) is 4.79 Å². The zero-order valence-corrected chi connectivity index (χ0v) is 6.08. The minimum absolute atomic E-state index is 0.117. The zero-order valence-electron chi connectivity index (χ0n) is 6.08. The Labute approximate surface area is 64.3 Å². The molecule has 0 saturated heterocycles. The first-order valence-corrected chi connectivity index (χ1v) is 3.46. The summed E-state index contributed by atoms with van der Waals surface area (Å²) in [5.41, 5.74) is 5.32. The largest absolute Gasteiger partial charge is 0.481 e. The summed E-state index contributed by atoms with van der Waals surface area (Å²) in [6, 6.07) is 0.117. The van der Waals surface area contributed by atoms with Gasteiger partial charge in [0.1, 0.15) is 0 Å². The highest BCUT2D eigenvalue weighted by molar-refractivity contribution is 5.79. The first kappa shape index (κ1) is 7.84. The van der Waals surface area contributed by atoms with Gasteiger partial charge in [0.05, 0.1) is 6.54 Å². The number of carbonyl (C=O) groups is 1. The third kappa shape index (κ3) is 2.45. The van der Waals surface area contributed by atoms with Crippen LogP contribution in [-0.4, -0.2) is 29.6 Å². The SMILES string of the molecule is NC1=NC[C@@H](CCC(=O)O)N1. The number of nitrogens with two attached hydrogens (primary N) is 1. The molecule has 0 spiro atoms. The van der Waals surface area contributed by atoms with Gasteiger partial charge in [-0.05, 0) is 6.42 Å². The van der Waals surface area contributed by atoms with Gasteiger partial charge in [0.15, 0.2) is 5.96 Å².